The van der Waals surface area contributed by atoms with Gasteiger partial charge in [-0.2, -0.15) is 0 Å². The Labute approximate surface area is 94.6 Å². The summed E-state index contributed by atoms with van der Waals surface area (Å²) in [5.41, 5.74) is 1.55. The fourth-order valence-electron chi connectivity index (χ4n) is 1.27. The number of nitrogens with zero attached hydrogens (tertiary/aromatic N) is 2. The summed E-state index contributed by atoms with van der Waals surface area (Å²) in [6.45, 7) is 0.352. The van der Waals surface area contributed by atoms with Crippen molar-refractivity contribution in [2.24, 2.45) is 0 Å². The van der Waals surface area contributed by atoms with Crippen LogP contribution >= 0.6 is 11.3 Å². The third-order valence-electron chi connectivity index (χ3n) is 2.04. The van der Waals surface area contributed by atoms with E-state index in [9.17, 15) is 9.59 Å². The molecule has 82 valence electrons. The van der Waals surface area contributed by atoms with Crippen LogP contribution in [0.4, 0.5) is 0 Å². The van der Waals surface area contributed by atoms with Crippen molar-refractivity contribution in [3.05, 3.63) is 50.8 Å². The van der Waals surface area contributed by atoms with Crippen molar-refractivity contribution in [3.63, 3.8) is 0 Å². The first-order chi connectivity index (χ1) is 7.66. The number of hydrogen-bond donors (Lipinski definition) is 1. The van der Waals surface area contributed by atoms with E-state index in [0.717, 1.165) is 4.88 Å². The highest BCUT2D eigenvalue weighted by molar-refractivity contribution is 7.09. The fourth-order valence-corrected chi connectivity index (χ4v) is 1.86. The predicted molar refractivity (Wildman–Crippen MR) is 58.9 cm³/mol. The molecular weight excluding hydrogens is 228 g/mol. The third-order valence-corrected chi connectivity index (χ3v) is 2.80. The smallest absolute Gasteiger partial charge is 0.337 e. The van der Waals surface area contributed by atoms with Crippen LogP contribution in [0.3, 0.4) is 0 Å². The van der Waals surface area contributed by atoms with Gasteiger partial charge in [0.05, 0.1) is 17.6 Å². The van der Waals surface area contributed by atoms with Gasteiger partial charge in [-0.05, 0) is 6.07 Å². The molecule has 0 radical (unpaired) electrons. The van der Waals surface area contributed by atoms with Gasteiger partial charge < -0.3 is 9.67 Å². The van der Waals surface area contributed by atoms with Crippen LogP contribution < -0.4 is 5.56 Å². The summed E-state index contributed by atoms with van der Waals surface area (Å²) in [5.74, 6) is -1.04. The van der Waals surface area contributed by atoms with Crippen LogP contribution in [-0.4, -0.2) is 20.6 Å². The van der Waals surface area contributed by atoms with Crippen molar-refractivity contribution >= 4 is 17.3 Å². The molecule has 16 heavy (non-hydrogen) atoms. The van der Waals surface area contributed by atoms with Crippen molar-refractivity contribution < 1.29 is 9.90 Å². The molecule has 1 N–H and O–H groups in total. The van der Waals surface area contributed by atoms with E-state index in [2.05, 4.69) is 4.98 Å². The Bertz CT molecular complexity index is 560. The highest BCUT2D eigenvalue weighted by Crippen LogP contribution is 2.07. The highest BCUT2D eigenvalue weighted by atomic mass is 32.1. The second kappa shape index (κ2) is 4.28. The normalized spacial score (nSPS) is 10.2. The molecule has 0 aromatic carbocycles. The standard InChI is InChI=1S/C10H8N2O3S/c13-9-2-1-7(10(14)15)4-12(9)5-8-3-11-6-16-8/h1-4,6H,5H2,(H,14,15). The Morgan fingerprint density at radius 3 is 2.94 bits per heavy atom. The molecule has 0 atom stereocenters. The first-order valence-corrected chi connectivity index (χ1v) is 5.36. The Morgan fingerprint density at radius 2 is 2.31 bits per heavy atom. The Kier molecular flexibility index (Phi) is 2.82. The van der Waals surface area contributed by atoms with E-state index < -0.39 is 5.97 Å². The molecule has 2 heterocycles. The lowest BCUT2D eigenvalue weighted by Crippen LogP contribution is -2.20. The van der Waals surface area contributed by atoms with Crippen LogP contribution in [0.1, 0.15) is 15.2 Å². The number of carboxylic acid groups (broad SMARTS) is 1. The zero-order valence-corrected chi connectivity index (χ0v) is 8.98. The number of carboxylic acids is 1. The van der Waals surface area contributed by atoms with Crippen LogP contribution in [0.5, 0.6) is 0 Å². The van der Waals surface area contributed by atoms with E-state index in [1.54, 1.807) is 11.7 Å². The number of aromatic carboxylic acids is 1. The molecule has 6 heteroatoms. The number of aromatic nitrogens is 2. The van der Waals surface area contributed by atoms with E-state index in [0.29, 0.717) is 6.54 Å². The molecule has 0 aliphatic carbocycles. The Morgan fingerprint density at radius 1 is 1.50 bits per heavy atom. The number of carbonyl (C=O) groups is 1. The van der Waals surface area contributed by atoms with Crippen LogP contribution in [0, 0.1) is 0 Å². The first kappa shape index (κ1) is 10.6. The van der Waals surface area contributed by atoms with E-state index in [4.69, 9.17) is 5.11 Å². The molecule has 2 aromatic rings. The van der Waals surface area contributed by atoms with Gasteiger partial charge in [-0.1, -0.05) is 0 Å². The first-order valence-electron chi connectivity index (χ1n) is 4.48. The van der Waals surface area contributed by atoms with Gasteiger partial charge in [-0.3, -0.25) is 9.78 Å². The molecule has 0 bridgehead atoms. The predicted octanol–water partition coefficient (Wildman–Crippen LogP) is 1.05. The SMILES string of the molecule is O=C(O)c1ccc(=O)n(Cc2cncs2)c1. The van der Waals surface area contributed by atoms with E-state index in [-0.39, 0.29) is 11.1 Å². The highest BCUT2D eigenvalue weighted by Gasteiger charge is 2.06. The van der Waals surface area contributed by atoms with Crippen molar-refractivity contribution in [3.8, 4) is 0 Å². The molecule has 0 fully saturated rings. The van der Waals surface area contributed by atoms with E-state index >= 15 is 0 Å². The van der Waals surface area contributed by atoms with Gasteiger partial charge in [0, 0.05) is 23.3 Å². The summed E-state index contributed by atoms with van der Waals surface area (Å²) in [5, 5.41) is 8.80. The zero-order valence-electron chi connectivity index (χ0n) is 8.16. The maximum absolute atomic E-state index is 11.5. The fraction of sp³-hybridized carbons (Fsp3) is 0.100. The third kappa shape index (κ3) is 2.17. The average molecular weight is 236 g/mol. The summed E-state index contributed by atoms with van der Waals surface area (Å²) >= 11 is 1.42. The molecule has 0 saturated carbocycles. The summed E-state index contributed by atoms with van der Waals surface area (Å²) in [6, 6.07) is 2.55. The molecule has 0 saturated heterocycles. The van der Waals surface area contributed by atoms with Gasteiger partial charge >= 0.3 is 5.97 Å². The van der Waals surface area contributed by atoms with Crippen LogP contribution in [0.2, 0.25) is 0 Å². The van der Waals surface area contributed by atoms with Crippen molar-refractivity contribution in [1.29, 1.82) is 0 Å². The summed E-state index contributed by atoms with van der Waals surface area (Å²) in [4.78, 5) is 27.0. The monoisotopic (exact) mass is 236 g/mol. The van der Waals surface area contributed by atoms with Crippen LogP contribution in [0.15, 0.2) is 34.8 Å². The lowest BCUT2D eigenvalue weighted by atomic mass is 10.3. The summed E-state index contributed by atoms with van der Waals surface area (Å²) < 4.78 is 1.36. The topological polar surface area (TPSA) is 72.2 Å². The van der Waals surface area contributed by atoms with E-state index in [1.165, 1.54) is 34.2 Å². The van der Waals surface area contributed by atoms with E-state index in [1.807, 2.05) is 0 Å². The zero-order chi connectivity index (χ0) is 11.5. The molecule has 0 amide bonds. The van der Waals surface area contributed by atoms with Crippen LogP contribution in [-0.2, 0) is 6.54 Å². The summed E-state index contributed by atoms with van der Waals surface area (Å²) in [6.07, 6.45) is 2.99. The Hall–Kier alpha value is -1.95. The van der Waals surface area contributed by atoms with Crippen molar-refractivity contribution in [2.45, 2.75) is 6.54 Å². The van der Waals surface area contributed by atoms with Gasteiger partial charge in [-0.15, -0.1) is 11.3 Å². The average Bonchev–Trinajstić information content (AvgIpc) is 2.73. The maximum Gasteiger partial charge on any atom is 0.337 e. The van der Waals surface area contributed by atoms with Crippen molar-refractivity contribution in [2.75, 3.05) is 0 Å². The minimum Gasteiger partial charge on any atom is -0.478 e. The van der Waals surface area contributed by atoms with Gasteiger partial charge in [0.1, 0.15) is 0 Å². The maximum atomic E-state index is 11.5. The molecule has 2 rings (SSSR count). The molecule has 5 nitrogen and oxygen atoms in total. The number of rotatable bonds is 3. The van der Waals surface area contributed by atoms with Crippen LogP contribution in [0.25, 0.3) is 0 Å². The molecule has 2 aromatic heterocycles. The van der Waals surface area contributed by atoms with Gasteiger partial charge in [0.2, 0.25) is 0 Å². The molecule has 0 aliphatic rings. The molecular formula is C10H8N2O3S. The molecule has 0 spiro atoms. The second-order valence-corrected chi connectivity index (χ2v) is 4.13. The van der Waals surface area contributed by atoms with Gasteiger partial charge in [0.25, 0.3) is 5.56 Å². The van der Waals surface area contributed by atoms with Gasteiger partial charge in [-0.25, -0.2) is 4.79 Å². The largest absolute Gasteiger partial charge is 0.478 e. The second-order valence-electron chi connectivity index (χ2n) is 3.16. The lowest BCUT2D eigenvalue weighted by molar-refractivity contribution is 0.0696. The number of pyridine rings is 1. The number of thiazole rings is 1. The summed E-state index contributed by atoms with van der Waals surface area (Å²) in [7, 11) is 0. The minimum absolute atomic E-state index is 0.101. The molecule has 0 aliphatic heterocycles. The van der Waals surface area contributed by atoms with Crippen molar-refractivity contribution in [1.82, 2.24) is 9.55 Å². The minimum atomic E-state index is -1.04. The molecule has 0 unspecified atom stereocenters. The Balaban J connectivity index is 2.36. The lowest BCUT2D eigenvalue weighted by Gasteiger charge is -2.03. The van der Waals surface area contributed by atoms with Gasteiger partial charge in [0.15, 0.2) is 0 Å². The number of hydrogen-bond acceptors (Lipinski definition) is 4. The quantitative estimate of drug-likeness (QED) is 0.864.